The molecule has 0 unspecified atom stereocenters. The standard InChI is InChI=1S/C23H17NO3/c1-15-6-2-4-8-20(15)24-22(25)17-12-10-16(11-13-17)19-14-18-7-3-5-9-21(18)27-23(19)26/h2-14H,1H3,(H,24,25). The van der Waals surface area contributed by atoms with E-state index in [2.05, 4.69) is 5.32 Å². The van der Waals surface area contributed by atoms with Crippen molar-refractivity contribution in [3.8, 4) is 11.1 Å². The van der Waals surface area contributed by atoms with E-state index in [-0.39, 0.29) is 5.91 Å². The SMILES string of the molecule is Cc1ccccc1NC(=O)c1ccc(-c2cc3ccccc3oc2=O)cc1. The summed E-state index contributed by atoms with van der Waals surface area (Å²) in [4.78, 5) is 24.7. The predicted octanol–water partition coefficient (Wildman–Crippen LogP) is 5.02. The molecule has 3 aromatic carbocycles. The van der Waals surface area contributed by atoms with Crippen LogP contribution in [0.3, 0.4) is 0 Å². The van der Waals surface area contributed by atoms with E-state index >= 15 is 0 Å². The molecule has 1 amide bonds. The molecule has 0 aliphatic rings. The molecule has 0 fully saturated rings. The smallest absolute Gasteiger partial charge is 0.344 e. The third-order valence-electron chi connectivity index (χ3n) is 4.49. The lowest BCUT2D eigenvalue weighted by atomic mass is 10.0. The van der Waals surface area contributed by atoms with Crippen molar-refractivity contribution in [3.05, 3.63) is 100 Å². The maximum Gasteiger partial charge on any atom is 0.344 e. The summed E-state index contributed by atoms with van der Waals surface area (Å²) in [5.41, 5.74) is 3.64. The monoisotopic (exact) mass is 355 g/mol. The number of hydrogen-bond donors (Lipinski definition) is 1. The molecule has 0 spiro atoms. The molecule has 0 saturated heterocycles. The van der Waals surface area contributed by atoms with Gasteiger partial charge in [-0.1, -0.05) is 48.5 Å². The predicted molar refractivity (Wildman–Crippen MR) is 107 cm³/mol. The number of fused-ring (bicyclic) bond motifs is 1. The van der Waals surface area contributed by atoms with Gasteiger partial charge in [0.1, 0.15) is 5.58 Å². The van der Waals surface area contributed by atoms with Crippen molar-refractivity contribution >= 4 is 22.6 Å². The van der Waals surface area contributed by atoms with E-state index in [0.29, 0.717) is 22.3 Å². The van der Waals surface area contributed by atoms with E-state index in [1.54, 1.807) is 30.3 Å². The fraction of sp³-hybridized carbons (Fsp3) is 0.0435. The van der Waals surface area contributed by atoms with Crippen LogP contribution < -0.4 is 10.9 Å². The van der Waals surface area contributed by atoms with Gasteiger partial charge in [0, 0.05) is 16.6 Å². The van der Waals surface area contributed by atoms with Crippen molar-refractivity contribution in [2.75, 3.05) is 5.32 Å². The van der Waals surface area contributed by atoms with Crippen molar-refractivity contribution in [2.24, 2.45) is 0 Å². The second-order valence-electron chi connectivity index (χ2n) is 6.33. The fourth-order valence-electron chi connectivity index (χ4n) is 2.97. The van der Waals surface area contributed by atoms with Gasteiger partial charge in [-0.3, -0.25) is 4.79 Å². The molecule has 0 bridgehead atoms. The van der Waals surface area contributed by atoms with Crippen molar-refractivity contribution in [1.29, 1.82) is 0 Å². The van der Waals surface area contributed by atoms with Crippen LogP contribution >= 0.6 is 0 Å². The molecule has 4 rings (SSSR count). The average molecular weight is 355 g/mol. The fourth-order valence-corrected chi connectivity index (χ4v) is 2.97. The Morgan fingerprint density at radius 2 is 1.59 bits per heavy atom. The molecule has 1 N–H and O–H groups in total. The number of hydrogen-bond acceptors (Lipinski definition) is 3. The third-order valence-corrected chi connectivity index (χ3v) is 4.49. The molecule has 0 aliphatic carbocycles. The number of nitrogens with one attached hydrogen (secondary N) is 1. The molecular formula is C23H17NO3. The van der Waals surface area contributed by atoms with Crippen LogP contribution in [0.25, 0.3) is 22.1 Å². The summed E-state index contributed by atoms with van der Waals surface area (Å²) >= 11 is 0. The van der Waals surface area contributed by atoms with Gasteiger partial charge in [-0.25, -0.2) is 4.79 Å². The van der Waals surface area contributed by atoms with E-state index in [9.17, 15) is 9.59 Å². The number of benzene rings is 3. The minimum absolute atomic E-state index is 0.193. The second-order valence-corrected chi connectivity index (χ2v) is 6.33. The van der Waals surface area contributed by atoms with Crippen LogP contribution in [0.4, 0.5) is 5.69 Å². The van der Waals surface area contributed by atoms with E-state index in [1.165, 1.54) is 0 Å². The van der Waals surface area contributed by atoms with E-state index in [4.69, 9.17) is 4.42 Å². The van der Waals surface area contributed by atoms with Crippen LogP contribution in [0.2, 0.25) is 0 Å². The quantitative estimate of drug-likeness (QED) is 0.525. The highest BCUT2D eigenvalue weighted by Gasteiger charge is 2.11. The van der Waals surface area contributed by atoms with Crippen molar-refractivity contribution < 1.29 is 9.21 Å². The van der Waals surface area contributed by atoms with Crippen LogP contribution in [0, 0.1) is 6.92 Å². The molecule has 27 heavy (non-hydrogen) atoms. The van der Waals surface area contributed by atoms with Gasteiger partial charge in [-0.15, -0.1) is 0 Å². The minimum atomic E-state index is -0.397. The van der Waals surface area contributed by atoms with E-state index < -0.39 is 5.63 Å². The Bertz CT molecular complexity index is 1190. The van der Waals surface area contributed by atoms with E-state index in [1.807, 2.05) is 55.5 Å². The van der Waals surface area contributed by atoms with Gasteiger partial charge >= 0.3 is 5.63 Å². The minimum Gasteiger partial charge on any atom is -0.422 e. The summed E-state index contributed by atoms with van der Waals surface area (Å²) in [5, 5.41) is 3.76. The molecule has 1 aromatic heterocycles. The number of amides is 1. The third kappa shape index (κ3) is 3.37. The molecule has 4 heteroatoms. The first-order chi connectivity index (χ1) is 13.1. The molecule has 132 valence electrons. The summed E-state index contributed by atoms with van der Waals surface area (Å²) in [5.74, 6) is -0.193. The van der Waals surface area contributed by atoms with Crippen LogP contribution in [0.15, 0.2) is 88.1 Å². The zero-order valence-electron chi connectivity index (χ0n) is 14.7. The van der Waals surface area contributed by atoms with Gasteiger partial charge in [0.05, 0.1) is 5.56 Å². The maximum atomic E-state index is 12.5. The molecule has 4 aromatic rings. The lowest BCUT2D eigenvalue weighted by molar-refractivity contribution is 0.102. The lowest BCUT2D eigenvalue weighted by Crippen LogP contribution is -2.12. The Morgan fingerprint density at radius 3 is 2.37 bits per heavy atom. The average Bonchev–Trinajstić information content (AvgIpc) is 2.69. The molecule has 0 aliphatic heterocycles. The van der Waals surface area contributed by atoms with Crippen LogP contribution in [0.1, 0.15) is 15.9 Å². The second kappa shape index (κ2) is 6.92. The Labute approximate surface area is 156 Å². The number of carbonyl (C=O) groups excluding carboxylic acids is 1. The Balaban J connectivity index is 1.63. The van der Waals surface area contributed by atoms with Gasteiger partial charge in [0.2, 0.25) is 0 Å². The Hall–Kier alpha value is -3.66. The van der Waals surface area contributed by atoms with Gasteiger partial charge in [-0.05, 0) is 48.4 Å². The van der Waals surface area contributed by atoms with Crippen molar-refractivity contribution in [2.45, 2.75) is 6.92 Å². The van der Waals surface area contributed by atoms with Crippen molar-refractivity contribution in [3.63, 3.8) is 0 Å². The summed E-state index contributed by atoms with van der Waals surface area (Å²) in [6, 6.07) is 23.7. The maximum absolute atomic E-state index is 12.5. The van der Waals surface area contributed by atoms with Crippen molar-refractivity contribution in [1.82, 2.24) is 0 Å². The Morgan fingerprint density at radius 1 is 0.889 bits per heavy atom. The summed E-state index contributed by atoms with van der Waals surface area (Å²) < 4.78 is 5.38. The van der Waals surface area contributed by atoms with Gasteiger partial charge < -0.3 is 9.73 Å². The van der Waals surface area contributed by atoms with Gasteiger partial charge in [-0.2, -0.15) is 0 Å². The van der Waals surface area contributed by atoms with Gasteiger partial charge in [0.15, 0.2) is 0 Å². The molecule has 1 heterocycles. The number of anilines is 1. The van der Waals surface area contributed by atoms with Crippen LogP contribution in [0.5, 0.6) is 0 Å². The topological polar surface area (TPSA) is 59.3 Å². The lowest BCUT2D eigenvalue weighted by Gasteiger charge is -2.08. The molecule has 0 atom stereocenters. The zero-order chi connectivity index (χ0) is 18.8. The highest BCUT2D eigenvalue weighted by atomic mass is 16.4. The highest BCUT2D eigenvalue weighted by Crippen LogP contribution is 2.22. The Kier molecular flexibility index (Phi) is 4.30. The highest BCUT2D eigenvalue weighted by molar-refractivity contribution is 6.04. The van der Waals surface area contributed by atoms with Crippen LogP contribution in [-0.4, -0.2) is 5.91 Å². The normalized spacial score (nSPS) is 10.7. The summed E-state index contributed by atoms with van der Waals surface area (Å²) in [6.45, 7) is 1.94. The number of para-hydroxylation sites is 2. The number of aryl methyl sites for hydroxylation is 1. The van der Waals surface area contributed by atoms with Gasteiger partial charge in [0.25, 0.3) is 5.91 Å². The largest absolute Gasteiger partial charge is 0.422 e. The molecule has 0 saturated carbocycles. The molecule has 0 radical (unpaired) electrons. The number of rotatable bonds is 3. The number of carbonyl (C=O) groups is 1. The molecular weight excluding hydrogens is 338 g/mol. The first-order valence-corrected chi connectivity index (χ1v) is 8.62. The van der Waals surface area contributed by atoms with E-state index in [0.717, 1.165) is 16.6 Å². The first kappa shape index (κ1) is 16.8. The first-order valence-electron chi connectivity index (χ1n) is 8.62. The summed E-state index contributed by atoms with van der Waals surface area (Å²) in [6.07, 6.45) is 0. The zero-order valence-corrected chi connectivity index (χ0v) is 14.7. The van der Waals surface area contributed by atoms with Crippen LogP contribution in [-0.2, 0) is 0 Å². The molecule has 4 nitrogen and oxygen atoms in total. The summed E-state index contributed by atoms with van der Waals surface area (Å²) in [7, 11) is 0.